The van der Waals surface area contributed by atoms with Crippen LogP contribution in [0.3, 0.4) is 0 Å². The molecule has 0 radical (unpaired) electrons. The molecule has 0 spiro atoms. The van der Waals surface area contributed by atoms with Crippen LogP contribution in [0.1, 0.15) is 6.92 Å². The predicted molar refractivity (Wildman–Crippen MR) is 75.0 cm³/mol. The average Bonchev–Trinajstić information content (AvgIpc) is 2.85. The van der Waals surface area contributed by atoms with Gasteiger partial charge < -0.3 is 10.2 Å². The maximum atomic E-state index is 8.88. The van der Waals surface area contributed by atoms with E-state index in [9.17, 15) is 0 Å². The quantitative estimate of drug-likeness (QED) is 0.915. The Morgan fingerprint density at radius 3 is 3.00 bits per heavy atom. The van der Waals surface area contributed by atoms with E-state index in [0.29, 0.717) is 12.5 Å². The Labute approximate surface area is 110 Å². The Hall–Kier alpha value is -1.87. The van der Waals surface area contributed by atoms with E-state index in [-0.39, 0.29) is 5.92 Å². The van der Waals surface area contributed by atoms with Crippen molar-refractivity contribution in [1.82, 2.24) is 9.97 Å². The van der Waals surface area contributed by atoms with E-state index in [1.807, 2.05) is 30.3 Å². The van der Waals surface area contributed by atoms with Crippen LogP contribution < -0.4 is 10.2 Å². The van der Waals surface area contributed by atoms with Crippen molar-refractivity contribution in [3.63, 3.8) is 0 Å². The van der Waals surface area contributed by atoms with Gasteiger partial charge in [-0.05, 0) is 18.4 Å². The molecule has 0 bridgehead atoms. The van der Waals surface area contributed by atoms with Crippen LogP contribution in [0, 0.1) is 17.2 Å². The van der Waals surface area contributed by atoms with Gasteiger partial charge in [0.1, 0.15) is 10.6 Å². The van der Waals surface area contributed by atoms with Gasteiger partial charge in [-0.3, -0.25) is 0 Å². The van der Waals surface area contributed by atoms with Crippen LogP contribution in [-0.2, 0) is 0 Å². The number of nitriles is 1. The second-order valence-corrected chi connectivity index (χ2v) is 5.07. The smallest absolute Gasteiger partial charge is 0.225 e. The minimum absolute atomic E-state index is 0.0308. The molecule has 0 aliphatic heterocycles. The summed E-state index contributed by atoms with van der Waals surface area (Å²) in [6.07, 6.45) is 0. The van der Waals surface area contributed by atoms with Gasteiger partial charge in [-0.1, -0.05) is 0 Å². The predicted octanol–water partition coefficient (Wildman–Crippen LogP) is 2.33. The Kier molecular flexibility index (Phi) is 3.63. The lowest BCUT2D eigenvalue weighted by atomic mass is 10.2. The van der Waals surface area contributed by atoms with Crippen molar-refractivity contribution in [2.24, 2.45) is 5.92 Å². The summed E-state index contributed by atoms with van der Waals surface area (Å²) in [5, 5.41) is 14.9. The van der Waals surface area contributed by atoms with Gasteiger partial charge in [0.2, 0.25) is 5.95 Å². The van der Waals surface area contributed by atoms with E-state index < -0.39 is 0 Å². The van der Waals surface area contributed by atoms with Crippen molar-refractivity contribution in [2.75, 3.05) is 30.9 Å². The van der Waals surface area contributed by atoms with Gasteiger partial charge in [0.25, 0.3) is 0 Å². The molecular weight excluding hydrogens is 246 g/mol. The minimum Gasteiger partial charge on any atom is -0.358 e. The third-order valence-corrected chi connectivity index (χ3v) is 3.46. The van der Waals surface area contributed by atoms with E-state index in [1.54, 1.807) is 18.4 Å². The number of thiophene rings is 1. The molecule has 0 amide bonds. The Morgan fingerprint density at radius 2 is 2.33 bits per heavy atom. The number of hydrogen-bond donors (Lipinski definition) is 1. The standard InChI is InChI=1S/C12H15N5S/c1-8(6-13)7-17(3)10-9-4-5-18-11(9)16-12(14-2)15-10/h4-5,8H,7H2,1-3H3,(H,14,15,16). The Morgan fingerprint density at radius 1 is 1.56 bits per heavy atom. The molecule has 1 unspecified atom stereocenters. The lowest BCUT2D eigenvalue weighted by molar-refractivity contribution is 0.712. The van der Waals surface area contributed by atoms with Gasteiger partial charge in [-0.2, -0.15) is 10.2 Å². The maximum absolute atomic E-state index is 8.88. The van der Waals surface area contributed by atoms with Gasteiger partial charge in [-0.15, -0.1) is 11.3 Å². The van der Waals surface area contributed by atoms with Crippen LogP contribution >= 0.6 is 11.3 Å². The molecule has 18 heavy (non-hydrogen) atoms. The highest BCUT2D eigenvalue weighted by Gasteiger charge is 2.14. The van der Waals surface area contributed by atoms with Crippen molar-refractivity contribution < 1.29 is 0 Å². The fraction of sp³-hybridized carbons (Fsp3) is 0.417. The van der Waals surface area contributed by atoms with Crippen molar-refractivity contribution in [3.8, 4) is 6.07 Å². The summed E-state index contributed by atoms with van der Waals surface area (Å²) in [4.78, 5) is 11.8. The SMILES string of the molecule is CNc1nc(N(C)CC(C)C#N)c2ccsc2n1. The Bertz CT molecular complexity index is 586. The molecule has 6 heteroatoms. The molecule has 2 aromatic heterocycles. The van der Waals surface area contributed by atoms with Gasteiger partial charge in [-0.25, -0.2) is 4.98 Å². The monoisotopic (exact) mass is 261 g/mol. The number of hydrogen-bond acceptors (Lipinski definition) is 6. The Balaban J connectivity index is 2.42. The van der Waals surface area contributed by atoms with Crippen LogP contribution in [-0.4, -0.2) is 30.6 Å². The number of anilines is 2. The van der Waals surface area contributed by atoms with Gasteiger partial charge in [0.15, 0.2) is 0 Å². The first-order valence-electron chi connectivity index (χ1n) is 5.69. The lowest BCUT2D eigenvalue weighted by Gasteiger charge is -2.20. The topological polar surface area (TPSA) is 64.8 Å². The number of fused-ring (bicyclic) bond motifs is 1. The summed E-state index contributed by atoms with van der Waals surface area (Å²) in [6, 6.07) is 4.25. The summed E-state index contributed by atoms with van der Waals surface area (Å²) in [6.45, 7) is 2.56. The lowest BCUT2D eigenvalue weighted by Crippen LogP contribution is -2.24. The van der Waals surface area contributed by atoms with Crippen LogP contribution in [0.25, 0.3) is 10.2 Å². The number of aromatic nitrogens is 2. The first-order chi connectivity index (χ1) is 8.65. The molecule has 2 rings (SSSR count). The average molecular weight is 261 g/mol. The van der Waals surface area contributed by atoms with Gasteiger partial charge in [0, 0.05) is 20.6 Å². The molecule has 2 aromatic rings. The van der Waals surface area contributed by atoms with E-state index >= 15 is 0 Å². The fourth-order valence-corrected chi connectivity index (χ4v) is 2.54. The summed E-state index contributed by atoms with van der Waals surface area (Å²) in [7, 11) is 3.75. The zero-order valence-electron chi connectivity index (χ0n) is 10.6. The highest BCUT2D eigenvalue weighted by molar-refractivity contribution is 7.16. The fourth-order valence-electron chi connectivity index (χ4n) is 1.78. The van der Waals surface area contributed by atoms with Crippen LogP contribution in [0.5, 0.6) is 0 Å². The highest BCUT2D eigenvalue weighted by Crippen LogP contribution is 2.28. The molecule has 0 aliphatic carbocycles. The second-order valence-electron chi connectivity index (χ2n) is 4.17. The molecule has 0 aliphatic rings. The summed E-state index contributed by atoms with van der Waals surface area (Å²) < 4.78 is 0. The highest BCUT2D eigenvalue weighted by atomic mass is 32.1. The third-order valence-electron chi connectivity index (χ3n) is 2.66. The van der Waals surface area contributed by atoms with E-state index in [1.165, 1.54) is 0 Å². The molecule has 1 N–H and O–H groups in total. The van der Waals surface area contributed by atoms with E-state index in [4.69, 9.17) is 5.26 Å². The summed E-state index contributed by atoms with van der Waals surface area (Å²) >= 11 is 1.59. The normalized spacial score (nSPS) is 12.1. The van der Waals surface area contributed by atoms with Crippen LogP contribution in [0.2, 0.25) is 0 Å². The van der Waals surface area contributed by atoms with Gasteiger partial charge >= 0.3 is 0 Å². The first-order valence-corrected chi connectivity index (χ1v) is 6.57. The largest absolute Gasteiger partial charge is 0.358 e. The van der Waals surface area contributed by atoms with E-state index in [0.717, 1.165) is 16.0 Å². The van der Waals surface area contributed by atoms with E-state index in [2.05, 4.69) is 21.4 Å². The molecule has 2 heterocycles. The maximum Gasteiger partial charge on any atom is 0.225 e. The van der Waals surface area contributed by atoms with Crippen LogP contribution in [0.4, 0.5) is 11.8 Å². The van der Waals surface area contributed by atoms with Crippen molar-refractivity contribution in [1.29, 1.82) is 5.26 Å². The zero-order valence-corrected chi connectivity index (χ0v) is 11.5. The third kappa shape index (κ3) is 2.36. The number of rotatable bonds is 4. The molecule has 94 valence electrons. The molecular formula is C12H15N5S. The minimum atomic E-state index is -0.0308. The molecule has 0 fully saturated rings. The van der Waals surface area contributed by atoms with Gasteiger partial charge in [0.05, 0.1) is 17.4 Å². The van der Waals surface area contributed by atoms with Crippen molar-refractivity contribution in [2.45, 2.75) is 6.92 Å². The summed E-state index contributed by atoms with van der Waals surface area (Å²) in [5.74, 6) is 1.45. The number of nitrogens with zero attached hydrogens (tertiary/aromatic N) is 4. The molecule has 0 saturated carbocycles. The molecule has 0 saturated heterocycles. The first kappa shape index (κ1) is 12.6. The van der Waals surface area contributed by atoms with Crippen LogP contribution in [0.15, 0.2) is 11.4 Å². The molecule has 5 nitrogen and oxygen atoms in total. The summed E-state index contributed by atoms with van der Waals surface area (Å²) in [5.41, 5.74) is 0. The van der Waals surface area contributed by atoms with Crippen molar-refractivity contribution in [3.05, 3.63) is 11.4 Å². The van der Waals surface area contributed by atoms with Crippen molar-refractivity contribution >= 4 is 33.3 Å². The zero-order chi connectivity index (χ0) is 13.1. The number of nitrogens with one attached hydrogen (secondary N) is 1. The molecule has 0 aromatic carbocycles. The molecule has 1 atom stereocenters. The second kappa shape index (κ2) is 5.19.